The van der Waals surface area contributed by atoms with Gasteiger partial charge in [0.25, 0.3) is 0 Å². The molecule has 0 bridgehead atoms. The van der Waals surface area contributed by atoms with Crippen LogP contribution in [0.15, 0.2) is 15.2 Å². The van der Waals surface area contributed by atoms with Gasteiger partial charge in [0.1, 0.15) is 0 Å². The molecule has 6 heteroatoms. The monoisotopic (exact) mass is 354 g/mol. The average Bonchev–Trinajstić information content (AvgIpc) is 2.61. The van der Waals surface area contributed by atoms with Crippen LogP contribution in [0.2, 0.25) is 0 Å². The lowest BCUT2D eigenvalue weighted by Gasteiger charge is -2.21. The summed E-state index contributed by atoms with van der Waals surface area (Å²) in [5, 5.41) is 2.04. The van der Waals surface area contributed by atoms with Crippen molar-refractivity contribution >= 4 is 45.6 Å². The third-order valence-electron chi connectivity index (χ3n) is 2.46. The Morgan fingerprint density at radius 3 is 2.61 bits per heavy atom. The SMILES string of the molecule is CC(C)C[C@H](N)C(=O)N(C)Cc1csc(Br)c1.Cl. The number of nitrogens with two attached hydrogens (primary N) is 1. The topological polar surface area (TPSA) is 46.3 Å². The van der Waals surface area contributed by atoms with E-state index >= 15 is 0 Å². The summed E-state index contributed by atoms with van der Waals surface area (Å²) in [6.07, 6.45) is 0.733. The van der Waals surface area contributed by atoms with Crippen LogP contribution >= 0.6 is 39.7 Å². The third-order valence-corrected chi connectivity index (χ3v) is 4.01. The maximum Gasteiger partial charge on any atom is 0.239 e. The summed E-state index contributed by atoms with van der Waals surface area (Å²) in [6.45, 7) is 4.76. The fourth-order valence-corrected chi connectivity index (χ4v) is 2.87. The van der Waals surface area contributed by atoms with Crippen molar-refractivity contribution in [3.8, 4) is 0 Å². The molecule has 0 saturated heterocycles. The zero-order valence-electron chi connectivity index (χ0n) is 10.9. The van der Waals surface area contributed by atoms with Crippen LogP contribution in [0.1, 0.15) is 25.8 Å². The molecular formula is C12H20BrClN2OS. The first-order chi connectivity index (χ1) is 7.90. The first-order valence-corrected chi connectivity index (χ1v) is 7.31. The Morgan fingerprint density at radius 2 is 2.17 bits per heavy atom. The maximum absolute atomic E-state index is 12.0. The molecule has 0 fully saturated rings. The molecule has 1 amide bonds. The van der Waals surface area contributed by atoms with Crippen LogP contribution in [-0.2, 0) is 11.3 Å². The van der Waals surface area contributed by atoms with Crippen LogP contribution in [-0.4, -0.2) is 23.9 Å². The van der Waals surface area contributed by atoms with Crippen molar-refractivity contribution in [3.05, 3.63) is 20.8 Å². The van der Waals surface area contributed by atoms with E-state index in [1.54, 1.807) is 23.3 Å². The summed E-state index contributed by atoms with van der Waals surface area (Å²) in [6, 6.07) is 1.64. The van der Waals surface area contributed by atoms with Crippen molar-refractivity contribution < 1.29 is 4.79 Å². The lowest BCUT2D eigenvalue weighted by atomic mass is 10.0. The lowest BCUT2D eigenvalue weighted by Crippen LogP contribution is -2.42. The molecule has 0 spiro atoms. The Balaban J connectivity index is 0.00000289. The van der Waals surface area contributed by atoms with Gasteiger partial charge in [-0.25, -0.2) is 0 Å². The van der Waals surface area contributed by atoms with Gasteiger partial charge < -0.3 is 10.6 Å². The van der Waals surface area contributed by atoms with E-state index in [0.29, 0.717) is 12.5 Å². The van der Waals surface area contributed by atoms with Crippen molar-refractivity contribution in [1.29, 1.82) is 0 Å². The van der Waals surface area contributed by atoms with Crippen molar-refractivity contribution in [1.82, 2.24) is 4.90 Å². The summed E-state index contributed by atoms with van der Waals surface area (Å²) >= 11 is 5.04. The molecular weight excluding hydrogens is 336 g/mol. The Hall–Kier alpha value is -0.100. The van der Waals surface area contributed by atoms with E-state index in [9.17, 15) is 4.79 Å². The summed E-state index contributed by atoms with van der Waals surface area (Å²) < 4.78 is 1.08. The molecule has 1 rings (SSSR count). The average molecular weight is 356 g/mol. The summed E-state index contributed by atoms with van der Waals surface area (Å²) in [7, 11) is 1.80. The van der Waals surface area contributed by atoms with Gasteiger partial charge in [-0.2, -0.15) is 0 Å². The van der Waals surface area contributed by atoms with Gasteiger partial charge in [0, 0.05) is 13.6 Å². The number of rotatable bonds is 5. The molecule has 1 aromatic rings. The van der Waals surface area contributed by atoms with Gasteiger partial charge in [-0.1, -0.05) is 13.8 Å². The van der Waals surface area contributed by atoms with Crippen LogP contribution in [0.25, 0.3) is 0 Å². The molecule has 2 N–H and O–H groups in total. The zero-order valence-corrected chi connectivity index (χ0v) is 14.1. The number of hydrogen-bond acceptors (Lipinski definition) is 3. The van der Waals surface area contributed by atoms with Crippen molar-refractivity contribution in [2.45, 2.75) is 32.9 Å². The van der Waals surface area contributed by atoms with E-state index in [4.69, 9.17) is 5.73 Å². The largest absolute Gasteiger partial charge is 0.340 e. The molecule has 0 saturated carbocycles. The van der Waals surface area contributed by atoms with Gasteiger partial charge in [-0.05, 0) is 45.3 Å². The molecule has 0 aromatic carbocycles. The van der Waals surface area contributed by atoms with E-state index in [2.05, 4.69) is 29.8 Å². The second-order valence-corrected chi connectivity index (χ2v) is 6.98. The number of carbonyl (C=O) groups is 1. The lowest BCUT2D eigenvalue weighted by molar-refractivity contribution is -0.132. The highest BCUT2D eigenvalue weighted by Gasteiger charge is 2.19. The van der Waals surface area contributed by atoms with Crippen molar-refractivity contribution in [2.75, 3.05) is 7.05 Å². The predicted molar refractivity (Wildman–Crippen MR) is 83.2 cm³/mol. The first-order valence-electron chi connectivity index (χ1n) is 5.63. The smallest absolute Gasteiger partial charge is 0.239 e. The molecule has 1 heterocycles. The van der Waals surface area contributed by atoms with E-state index in [1.165, 1.54) is 0 Å². The summed E-state index contributed by atoms with van der Waals surface area (Å²) in [5.41, 5.74) is 7.01. The molecule has 1 aromatic heterocycles. The fraction of sp³-hybridized carbons (Fsp3) is 0.583. The van der Waals surface area contributed by atoms with Crippen LogP contribution in [0.5, 0.6) is 0 Å². The number of nitrogens with zero attached hydrogens (tertiary/aromatic N) is 1. The van der Waals surface area contributed by atoms with Gasteiger partial charge in [0.2, 0.25) is 5.91 Å². The number of thiophene rings is 1. The Kier molecular flexibility index (Phi) is 8.10. The van der Waals surface area contributed by atoms with E-state index < -0.39 is 0 Å². The molecule has 104 valence electrons. The summed E-state index contributed by atoms with van der Waals surface area (Å²) in [5.74, 6) is 0.457. The highest BCUT2D eigenvalue weighted by Crippen LogP contribution is 2.21. The Morgan fingerprint density at radius 1 is 1.56 bits per heavy atom. The highest BCUT2D eigenvalue weighted by atomic mass is 79.9. The molecule has 0 aliphatic carbocycles. The van der Waals surface area contributed by atoms with Crippen molar-refractivity contribution in [2.24, 2.45) is 11.7 Å². The number of carbonyl (C=O) groups excluding carboxylic acids is 1. The standard InChI is InChI=1S/C12H19BrN2OS.ClH/c1-8(2)4-10(14)12(16)15(3)6-9-5-11(13)17-7-9;/h5,7-8,10H,4,6,14H2,1-3H3;1H/t10-;/m0./s1. The van der Waals surface area contributed by atoms with Gasteiger partial charge in [0.05, 0.1) is 9.83 Å². The predicted octanol–water partition coefficient (Wildman–Crippen LogP) is 3.26. The Labute approximate surface area is 127 Å². The quantitative estimate of drug-likeness (QED) is 0.881. The van der Waals surface area contributed by atoms with Gasteiger partial charge >= 0.3 is 0 Å². The minimum atomic E-state index is -0.387. The van der Waals surface area contributed by atoms with Gasteiger partial charge in [0.15, 0.2) is 0 Å². The van der Waals surface area contributed by atoms with Crippen LogP contribution < -0.4 is 5.73 Å². The third kappa shape index (κ3) is 5.69. The first kappa shape index (κ1) is 17.9. The zero-order chi connectivity index (χ0) is 13.0. The second kappa shape index (κ2) is 8.15. The van der Waals surface area contributed by atoms with Gasteiger partial charge in [-0.15, -0.1) is 23.7 Å². The van der Waals surface area contributed by atoms with E-state index in [-0.39, 0.29) is 24.4 Å². The van der Waals surface area contributed by atoms with Crippen LogP contribution in [0.3, 0.4) is 0 Å². The molecule has 0 aliphatic rings. The van der Waals surface area contributed by atoms with E-state index in [1.807, 2.05) is 11.4 Å². The minimum absolute atomic E-state index is 0. The highest BCUT2D eigenvalue weighted by molar-refractivity contribution is 9.11. The molecule has 18 heavy (non-hydrogen) atoms. The normalized spacial score (nSPS) is 12.1. The maximum atomic E-state index is 12.0. The molecule has 3 nitrogen and oxygen atoms in total. The van der Waals surface area contributed by atoms with Crippen LogP contribution in [0, 0.1) is 5.92 Å². The van der Waals surface area contributed by atoms with Crippen LogP contribution in [0.4, 0.5) is 0 Å². The van der Waals surface area contributed by atoms with E-state index in [0.717, 1.165) is 15.8 Å². The number of amides is 1. The molecule has 1 atom stereocenters. The number of likely N-dealkylation sites (N-methyl/N-ethyl adjacent to an activating group) is 1. The summed E-state index contributed by atoms with van der Waals surface area (Å²) in [4.78, 5) is 13.7. The second-order valence-electron chi connectivity index (χ2n) is 4.69. The minimum Gasteiger partial charge on any atom is -0.340 e. The number of halogens is 2. The molecule has 0 unspecified atom stereocenters. The fourth-order valence-electron chi connectivity index (χ4n) is 1.67. The molecule has 0 aliphatic heterocycles. The van der Waals surface area contributed by atoms with Gasteiger partial charge in [-0.3, -0.25) is 4.79 Å². The Bertz CT molecular complexity index is 384. The molecule has 0 radical (unpaired) electrons. The number of hydrogen-bond donors (Lipinski definition) is 1. The van der Waals surface area contributed by atoms with Crippen molar-refractivity contribution in [3.63, 3.8) is 0 Å².